The number of benzene rings is 1. The third kappa shape index (κ3) is 2.29. The van der Waals surface area contributed by atoms with Crippen molar-refractivity contribution in [2.45, 2.75) is 39.8 Å². The van der Waals surface area contributed by atoms with Gasteiger partial charge in [0.05, 0.1) is 4.92 Å². The molecule has 3 N–H and O–H groups in total. The quantitative estimate of drug-likeness (QED) is 0.658. The number of amides is 1. The lowest BCUT2D eigenvalue weighted by molar-refractivity contribution is -0.385. The van der Waals surface area contributed by atoms with E-state index >= 15 is 0 Å². The van der Waals surface area contributed by atoms with Gasteiger partial charge in [-0.1, -0.05) is 39.8 Å². The summed E-state index contributed by atoms with van der Waals surface area (Å²) in [4.78, 5) is 22.9. The van der Waals surface area contributed by atoms with Crippen LogP contribution in [0, 0.1) is 20.9 Å². The molecule has 0 spiro atoms. The number of nitro benzene ring substituents is 1. The number of nitrogens with one attached hydrogen (secondary N) is 1. The Morgan fingerprint density at radius 2 is 1.76 bits per heavy atom. The molecule has 6 heteroatoms. The van der Waals surface area contributed by atoms with Gasteiger partial charge in [0.1, 0.15) is 5.56 Å². The number of hydrogen-bond donors (Lipinski definition) is 2. The first-order valence-electron chi connectivity index (χ1n) is 6.90. The van der Waals surface area contributed by atoms with Crippen LogP contribution >= 0.6 is 0 Å². The Labute approximate surface area is 123 Å². The Bertz CT molecular complexity index is 580. The predicted molar refractivity (Wildman–Crippen MR) is 79.9 cm³/mol. The molecule has 0 atom stereocenters. The maximum absolute atomic E-state index is 12.4. The third-order valence-corrected chi connectivity index (χ3v) is 4.71. The van der Waals surface area contributed by atoms with Crippen LogP contribution in [0.5, 0.6) is 0 Å². The van der Waals surface area contributed by atoms with E-state index in [1.165, 1.54) is 12.1 Å². The minimum absolute atomic E-state index is 0.0407. The van der Waals surface area contributed by atoms with Crippen LogP contribution in [0.25, 0.3) is 0 Å². The van der Waals surface area contributed by atoms with Crippen molar-refractivity contribution in [3.05, 3.63) is 39.9 Å². The number of nitro groups is 1. The zero-order valence-corrected chi connectivity index (χ0v) is 12.7. The lowest BCUT2D eigenvalue weighted by Gasteiger charge is -2.62. The highest BCUT2D eigenvalue weighted by molar-refractivity contribution is 5.98. The minimum atomic E-state index is -0.544. The average molecular weight is 291 g/mol. The Hall–Kier alpha value is -1.95. The number of carbonyl (C=O) groups is 1. The molecule has 6 nitrogen and oxygen atoms in total. The van der Waals surface area contributed by atoms with Crippen LogP contribution in [0.2, 0.25) is 0 Å². The molecule has 1 aliphatic rings. The minimum Gasteiger partial charge on any atom is -0.348 e. The maximum atomic E-state index is 12.4. The molecule has 114 valence electrons. The summed E-state index contributed by atoms with van der Waals surface area (Å²) in [6.07, 6.45) is 0. The zero-order valence-electron chi connectivity index (χ0n) is 12.7. The molecule has 2 rings (SSSR count). The van der Waals surface area contributed by atoms with E-state index in [1.54, 1.807) is 12.1 Å². The number of nitrogens with zero attached hydrogens (tertiary/aromatic N) is 1. The van der Waals surface area contributed by atoms with E-state index < -0.39 is 10.8 Å². The molecule has 1 aliphatic carbocycles. The molecule has 0 radical (unpaired) electrons. The Balaban J connectivity index is 2.26. The van der Waals surface area contributed by atoms with Gasteiger partial charge in [-0.15, -0.1) is 0 Å². The Kier molecular flexibility index (Phi) is 3.53. The second-order valence-corrected chi connectivity index (χ2v) is 6.80. The van der Waals surface area contributed by atoms with Crippen LogP contribution < -0.4 is 11.1 Å². The molecule has 1 saturated carbocycles. The predicted octanol–water partition coefficient (Wildman–Crippen LogP) is 2.09. The summed E-state index contributed by atoms with van der Waals surface area (Å²) < 4.78 is 0. The van der Waals surface area contributed by atoms with Crippen LogP contribution in [0.1, 0.15) is 38.1 Å². The van der Waals surface area contributed by atoms with Gasteiger partial charge < -0.3 is 11.1 Å². The van der Waals surface area contributed by atoms with E-state index in [9.17, 15) is 14.9 Å². The van der Waals surface area contributed by atoms with Crippen molar-refractivity contribution >= 4 is 11.6 Å². The summed E-state index contributed by atoms with van der Waals surface area (Å²) in [7, 11) is 0. The SMILES string of the molecule is CC1(C)C(N)C(C)(C)C1NC(=O)c1ccccc1[N+](=O)[O-]. The Morgan fingerprint density at radius 1 is 1.24 bits per heavy atom. The van der Waals surface area contributed by atoms with E-state index in [-0.39, 0.29) is 34.2 Å². The molecule has 1 aromatic carbocycles. The topological polar surface area (TPSA) is 98.3 Å². The van der Waals surface area contributed by atoms with Crippen LogP contribution in [-0.4, -0.2) is 22.9 Å². The summed E-state index contributed by atoms with van der Waals surface area (Å²) in [5.41, 5.74) is 5.56. The summed E-state index contributed by atoms with van der Waals surface area (Å²) in [6, 6.07) is 5.78. The van der Waals surface area contributed by atoms with E-state index in [0.29, 0.717) is 0 Å². The highest BCUT2D eigenvalue weighted by Gasteiger charge is 2.60. The zero-order chi connectivity index (χ0) is 16.0. The van der Waals surface area contributed by atoms with Gasteiger partial charge in [-0.25, -0.2) is 0 Å². The van der Waals surface area contributed by atoms with Crippen molar-refractivity contribution in [1.82, 2.24) is 5.32 Å². The summed E-state index contributed by atoms with van der Waals surface area (Å²) in [5, 5.41) is 13.9. The highest BCUT2D eigenvalue weighted by atomic mass is 16.6. The number of para-hydroxylation sites is 1. The molecule has 0 aliphatic heterocycles. The van der Waals surface area contributed by atoms with Crippen LogP contribution in [-0.2, 0) is 0 Å². The molecule has 1 fully saturated rings. The van der Waals surface area contributed by atoms with Crippen molar-refractivity contribution in [3.63, 3.8) is 0 Å². The van der Waals surface area contributed by atoms with Gasteiger partial charge in [-0.3, -0.25) is 14.9 Å². The van der Waals surface area contributed by atoms with Crippen molar-refractivity contribution in [3.8, 4) is 0 Å². The van der Waals surface area contributed by atoms with E-state index in [2.05, 4.69) is 5.32 Å². The van der Waals surface area contributed by atoms with Crippen molar-refractivity contribution in [2.24, 2.45) is 16.6 Å². The van der Waals surface area contributed by atoms with Crippen molar-refractivity contribution in [1.29, 1.82) is 0 Å². The van der Waals surface area contributed by atoms with Gasteiger partial charge in [0, 0.05) is 29.0 Å². The fraction of sp³-hybridized carbons (Fsp3) is 0.533. The first-order valence-corrected chi connectivity index (χ1v) is 6.90. The van der Waals surface area contributed by atoms with Gasteiger partial charge >= 0.3 is 0 Å². The fourth-order valence-electron chi connectivity index (χ4n) is 3.59. The second-order valence-electron chi connectivity index (χ2n) is 6.80. The number of carbonyl (C=O) groups excluding carboxylic acids is 1. The first kappa shape index (κ1) is 15.4. The summed E-state index contributed by atoms with van der Waals surface area (Å²) in [5.74, 6) is -0.430. The third-order valence-electron chi connectivity index (χ3n) is 4.71. The molecular formula is C15H21N3O3. The van der Waals surface area contributed by atoms with Gasteiger partial charge in [-0.2, -0.15) is 0 Å². The van der Waals surface area contributed by atoms with Gasteiger partial charge in [0.15, 0.2) is 0 Å². The van der Waals surface area contributed by atoms with Crippen molar-refractivity contribution in [2.75, 3.05) is 0 Å². The molecule has 21 heavy (non-hydrogen) atoms. The van der Waals surface area contributed by atoms with E-state index in [0.717, 1.165) is 0 Å². The number of nitrogens with two attached hydrogens (primary N) is 1. The number of rotatable bonds is 3. The lowest BCUT2D eigenvalue weighted by atomic mass is 9.48. The lowest BCUT2D eigenvalue weighted by Crippen LogP contribution is -2.76. The van der Waals surface area contributed by atoms with Crippen LogP contribution in [0.15, 0.2) is 24.3 Å². The molecule has 0 aromatic heterocycles. The largest absolute Gasteiger partial charge is 0.348 e. The molecule has 0 unspecified atom stereocenters. The first-order chi connectivity index (χ1) is 9.60. The van der Waals surface area contributed by atoms with Gasteiger partial charge in [0.2, 0.25) is 0 Å². The number of hydrogen-bond acceptors (Lipinski definition) is 4. The monoisotopic (exact) mass is 291 g/mol. The molecular weight excluding hydrogens is 270 g/mol. The molecule has 0 heterocycles. The van der Waals surface area contributed by atoms with Gasteiger partial charge in [-0.05, 0) is 6.07 Å². The fourth-order valence-corrected chi connectivity index (χ4v) is 3.59. The van der Waals surface area contributed by atoms with Crippen molar-refractivity contribution < 1.29 is 9.72 Å². The smallest absolute Gasteiger partial charge is 0.282 e. The highest BCUT2D eigenvalue weighted by Crippen LogP contribution is 2.52. The second kappa shape index (κ2) is 4.80. The summed E-state index contributed by atoms with van der Waals surface area (Å²) >= 11 is 0. The maximum Gasteiger partial charge on any atom is 0.282 e. The Morgan fingerprint density at radius 3 is 2.29 bits per heavy atom. The standard InChI is InChI=1S/C15H21N3O3/c1-14(2)12(16)15(3,4)13(14)17-11(19)9-7-5-6-8-10(9)18(20)21/h5-8,12-13H,16H2,1-4H3,(H,17,19). The average Bonchev–Trinajstić information content (AvgIpc) is 2.43. The van der Waals surface area contributed by atoms with E-state index in [1.807, 2.05) is 27.7 Å². The summed E-state index contributed by atoms with van der Waals surface area (Å²) in [6.45, 7) is 7.97. The van der Waals surface area contributed by atoms with Crippen LogP contribution in [0.4, 0.5) is 5.69 Å². The van der Waals surface area contributed by atoms with Crippen LogP contribution in [0.3, 0.4) is 0 Å². The molecule has 0 bridgehead atoms. The normalized spacial score (nSPS) is 25.8. The molecule has 1 aromatic rings. The molecule has 0 saturated heterocycles. The van der Waals surface area contributed by atoms with Gasteiger partial charge in [0.25, 0.3) is 11.6 Å². The molecule has 1 amide bonds. The van der Waals surface area contributed by atoms with E-state index in [4.69, 9.17) is 5.73 Å².